The fraction of sp³-hybridized carbons (Fsp3) is 0.368. The van der Waals surface area contributed by atoms with Crippen molar-refractivity contribution in [2.24, 2.45) is 5.92 Å². The van der Waals surface area contributed by atoms with Gasteiger partial charge >= 0.3 is 0 Å². The van der Waals surface area contributed by atoms with Gasteiger partial charge in [-0.1, -0.05) is 19.9 Å². The highest BCUT2D eigenvalue weighted by molar-refractivity contribution is 7.91. The first-order chi connectivity index (χ1) is 12.3. The van der Waals surface area contributed by atoms with E-state index in [4.69, 9.17) is 4.74 Å². The van der Waals surface area contributed by atoms with Crippen LogP contribution in [0, 0.1) is 5.92 Å². The van der Waals surface area contributed by atoms with Crippen LogP contribution in [-0.2, 0) is 14.6 Å². The number of ether oxygens (including phenoxy) is 1. The van der Waals surface area contributed by atoms with Crippen LogP contribution in [0.15, 0.2) is 53.7 Å². The molecule has 0 saturated carbocycles. The van der Waals surface area contributed by atoms with Crippen molar-refractivity contribution in [3.63, 3.8) is 0 Å². The van der Waals surface area contributed by atoms with Crippen LogP contribution in [0.1, 0.15) is 31.1 Å². The maximum Gasteiger partial charge on any atom is 0.220 e. The molecule has 0 aliphatic heterocycles. The van der Waals surface area contributed by atoms with E-state index in [1.54, 1.807) is 30.5 Å². The van der Waals surface area contributed by atoms with Gasteiger partial charge in [0.15, 0.2) is 9.84 Å². The van der Waals surface area contributed by atoms with Gasteiger partial charge in [-0.25, -0.2) is 8.42 Å². The van der Waals surface area contributed by atoms with E-state index >= 15 is 0 Å². The Balaban J connectivity index is 2.31. The number of nitrogens with one attached hydrogen (secondary N) is 1. The quantitative estimate of drug-likeness (QED) is 0.766. The second-order valence-electron chi connectivity index (χ2n) is 6.40. The summed E-state index contributed by atoms with van der Waals surface area (Å²) in [5.74, 6) is 0.607. The molecule has 1 atom stereocenters. The summed E-state index contributed by atoms with van der Waals surface area (Å²) in [7, 11) is -2.19. The summed E-state index contributed by atoms with van der Waals surface area (Å²) in [6.45, 7) is 3.87. The third-order valence-electron chi connectivity index (χ3n) is 3.90. The number of benzene rings is 1. The van der Waals surface area contributed by atoms with Crippen molar-refractivity contribution in [1.29, 1.82) is 0 Å². The predicted molar refractivity (Wildman–Crippen MR) is 99.6 cm³/mol. The summed E-state index contributed by atoms with van der Waals surface area (Å²) in [5, 5.41) is 1.82. The first-order valence-corrected chi connectivity index (χ1v) is 9.93. The van der Waals surface area contributed by atoms with Gasteiger partial charge in [-0.3, -0.25) is 9.78 Å². The number of rotatable bonds is 8. The zero-order chi connectivity index (χ0) is 19.2. The predicted octanol–water partition coefficient (Wildman–Crippen LogP) is 2.77. The zero-order valence-electron chi connectivity index (χ0n) is 15.2. The highest BCUT2D eigenvalue weighted by Gasteiger charge is 2.30. The molecule has 1 unspecified atom stereocenters. The van der Waals surface area contributed by atoms with Crippen molar-refractivity contribution in [2.45, 2.75) is 30.4 Å². The minimum atomic E-state index is -3.71. The van der Waals surface area contributed by atoms with E-state index in [2.05, 4.69) is 10.3 Å². The number of hydrogen-bond acceptors (Lipinski definition) is 5. The van der Waals surface area contributed by atoms with E-state index in [-0.39, 0.29) is 23.3 Å². The Labute approximate surface area is 154 Å². The van der Waals surface area contributed by atoms with Crippen molar-refractivity contribution >= 4 is 15.7 Å². The number of pyridine rings is 1. The first-order valence-electron chi connectivity index (χ1n) is 8.39. The Morgan fingerprint density at radius 1 is 1.19 bits per heavy atom. The Morgan fingerprint density at radius 3 is 2.42 bits per heavy atom. The van der Waals surface area contributed by atoms with Crippen molar-refractivity contribution < 1.29 is 17.9 Å². The Kier molecular flexibility index (Phi) is 6.74. The monoisotopic (exact) mass is 376 g/mol. The smallest absolute Gasteiger partial charge is 0.220 e. The number of amides is 1. The molecule has 0 radical (unpaired) electrons. The van der Waals surface area contributed by atoms with Crippen molar-refractivity contribution in [3.05, 3.63) is 54.4 Å². The molecule has 0 saturated heterocycles. The average Bonchev–Trinajstić information content (AvgIpc) is 2.62. The molecular formula is C19H24N2O4S. The summed E-state index contributed by atoms with van der Waals surface area (Å²) in [6, 6.07) is 9.60. The van der Waals surface area contributed by atoms with Gasteiger partial charge in [-0.15, -0.1) is 0 Å². The number of carbonyl (C=O) groups is 1. The van der Waals surface area contributed by atoms with Gasteiger partial charge in [-0.2, -0.15) is 0 Å². The normalized spacial score (nSPS) is 12.6. The number of sulfone groups is 1. The molecule has 1 heterocycles. The lowest BCUT2D eigenvalue weighted by atomic mass is 10.1. The second kappa shape index (κ2) is 8.80. The average molecular weight is 376 g/mol. The Hall–Kier alpha value is -2.41. The van der Waals surface area contributed by atoms with Crippen LogP contribution in [0.2, 0.25) is 0 Å². The standard InChI is InChI=1S/C19H24N2O4S/c1-14(2)11-19(22)21-13-18(15-5-4-10-20-12-15)26(23,24)17-8-6-16(25-3)7-9-17/h4-10,12,14,18H,11,13H2,1-3H3,(H,21,22). The van der Waals surface area contributed by atoms with E-state index in [1.165, 1.54) is 25.4 Å². The molecule has 26 heavy (non-hydrogen) atoms. The van der Waals surface area contributed by atoms with E-state index in [1.807, 2.05) is 13.8 Å². The fourth-order valence-electron chi connectivity index (χ4n) is 2.55. The molecule has 0 aliphatic carbocycles. The lowest BCUT2D eigenvalue weighted by Gasteiger charge is -2.19. The molecule has 0 aliphatic rings. The molecule has 2 aromatic rings. The summed E-state index contributed by atoms with van der Waals surface area (Å²) < 4.78 is 31.4. The van der Waals surface area contributed by atoms with Crippen molar-refractivity contribution in [3.8, 4) is 5.75 Å². The summed E-state index contributed by atoms with van der Waals surface area (Å²) in [6.07, 6.45) is 3.45. The van der Waals surface area contributed by atoms with Crippen LogP contribution >= 0.6 is 0 Å². The molecule has 7 heteroatoms. The summed E-state index contributed by atoms with van der Waals surface area (Å²) >= 11 is 0. The first kappa shape index (κ1) is 19.9. The summed E-state index contributed by atoms with van der Waals surface area (Å²) in [5.41, 5.74) is 0.535. The van der Waals surface area contributed by atoms with Crippen LogP contribution in [0.4, 0.5) is 0 Å². The third kappa shape index (κ3) is 5.05. The van der Waals surface area contributed by atoms with Gasteiger partial charge in [0.25, 0.3) is 0 Å². The summed E-state index contributed by atoms with van der Waals surface area (Å²) in [4.78, 5) is 16.2. The van der Waals surface area contributed by atoms with E-state index in [9.17, 15) is 13.2 Å². The number of carbonyl (C=O) groups excluding carboxylic acids is 1. The van der Waals surface area contributed by atoms with Crippen LogP contribution in [-0.4, -0.2) is 33.0 Å². The molecule has 0 fully saturated rings. The molecule has 1 aromatic heterocycles. The van der Waals surface area contributed by atoms with Crippen LogP contribution in [0.5, 0.6) is 5.75 Å². The highest BCUT2D eigenvalue weighted by atomic mass is 32.2. The molecular weight excluding hydrogens is 352 g/mol. The van der Waals surface area contributed by atoms with E-state index < -0.39 is 15.1 Å². The maximum absolute atomic E-state index is 13.1. The fourth-order valence-corrected chi connectivity index (χ4v) is 4.20. The molecule has 0 spiro atoms. The second-order valence-corrected chi connectivity index (χ2v) is 8.53. The number of hydrogen-bond donors (Lipinski definition) is 1. The van der Waals surface area contributed by atoms with Crippen LogP contribution in [0.25, 0.3) is 0 Å². The molecule has 1 amide bonds. The minimum absolute atomic E-state index is 0.00832. The molecule has 1 N–H and O–H groups in total. The molecule has 140 valence electrons. The highest BCUT2D eigenvalue weighted by Crippen LogP contribution is 2.29. The number of nitrogens with zero attached hydrogens (tertiary/aromatic N) is 1. The third-order valence-corrected chi connectivity index (χ3v) is 6.01. The van der Waals surface area contributed by atoms with Crippen LogP contribution < -0.4 is 10.1 Å². The number of aromatic nitrogens is 1. The molecule has 2 rings (SSSR count). The SMILES string of the molecule is COc1ccc(S(=O)(=O)C(CNC(=O)CC(C)C)c2cccnc2)cc1. The molecule has 0 bridgehead atoms. The van der Waals surface area contributed by atoms with Gasteiger partial charge in [0, 0.05) is 25.4 Å². The van der Waals surface area contributed by atoms with Crippen molar-refractivity contribution in [1.82, 2.24) is 10.3 Å². The maximum atomic E-state index is 13.1. The number of methoxy groups -OCH3 is 1. The topological polar surface area (TPSA) is 85.4 Å². The van der Waals surface area contributed by atoms with E-state index in [0.29, 0.717) is 17.7 Å². The largest absolute Gasteiger partial charge is 0.497 e. The van der Waals surface area contributed by atoms with Gasteiger partial charge in [0.1, 0.15) is 11.0 Å². The van der Waals surface area contributed by atoms with Crippen molar-refractivity contribution in [2.75, 3.05) is 13.7 Å². The molecule has 6 nitrogen and oxygen atoms in total. The van der Waals surface area contributed by atoms with E-state index in [0.717, 1.165) is 0 Å². The Morgan fingerprint density at radius 2 is 1.88 bits per heavy atom. The van der Waals surface area contributed by atoms with Gasteiger partial charge in [-0.05, 0) is 41.8 Å². The van der Waals surface area contributed by atoms with Crippen LogP contribution in [0.3, 0.4) is 0 Å². The van der Waals surface area contributed by atoms with Gasteiger partial charge < -0.3 is 10.1 Å². The minimum Gasteiger partial charge on any atom is -0.497 e. The Bertz CT molecular complexity index is 818. The van der Waals surface area contributed by atoms with Gasteiger partial charge in [0.2, 0.25) is 5.91 Å². The zero-order valence-corrected chi connectivity index (χ0v) is 16.0. The lowest BCUT2D eigenvalue weighted by Crippen LogP contribution is -2.32. The van der Waals surface area contributed by atoms with Gasteiger partial charge in [0.05, 0.1) is 12.0 Å². The lowest BCUT2D eigenvalue weighted by molar-refractivity contribution is -0.121. The molecule has 1 aromatic carbocycles.